The summed E-state index contributed by atoms with van der Waals surface area (Å²) in [6.45, 7) is 2.36. The number of carbonyl (C=O) groups is 1. The average molecular weight is 466 g/mol. The number of hydrogen-bond donors (Lipinski definition) is 0. The molecule has 1 aliphatic heterocycles. The summed E-state index contributed by atoms with van der Waals surface area (Å²) in [7, 11) is 0. The number of rotatable bonds is 6. The summed E-state index contributed by atoms with van der Waals surface area (Å²) < 4.78 is 15.3. The molecule has 10 heteroatoms. The number of thiazole rings is 1. The number of aromatic nitrogens is 1. The van der Waals surface area contributed by atoms with Crippen molar-refractivity contribution >= 4 is 45.4 Å². The highest BCUT2D eigenvalue weighted by Gasteiger charge is 2.23. The summed E-state index contributed by atoms with van der Waals surface area (Å²) in [4.78, 5) is 37.2. The Labute approximate surface area is 187 Å². The zero-order valence-electron chi connectivity index (χ0n) is 16.5. The molecule has 4 rings (SSSR count). The molecule has 1 aliphatic rings. The summed E-state index contributed by atoms with van der Waals surface area (Å²) in [5.41, 5.74) is 1.21. The molecular weight excluding hydrogens is 445 g/mol. The third-order valence-electron chi connectivity index (χ3n) is 5.54. The Hall–Kier alpha value is -2.62. The molecule has 0 spiro atoms. The van der Waals surface area contributed by atoms with Gasteiger partial charge in [0.15, 0.2) is 5.78 Å². The minimum absolute atomic E-state index is 0. The van der Waals surface area contributed by atoms with Crippen LogP contribution in [0.5, 0.6) is 0 Å². The molecule has 1 aromatic heterocycles. The predicted molar refractivity (Wildman–Crippen MR) is 120 cm³/mol. The molecule has 1 saturated heterocycles. The number of halogens is 2. The fourth-order valence-corrected chi connectivity index (χ4v) is 4.79. The van der Waals surface area contributed by atoms with Crippen molar-refractivity contribution < 1.29 is 14.1 Å². The van der Waals surface area contributed by atoms with Gasteiger partial charge in [-0.05, 0) is 62.2 Å². The lowest BCUT2D eigenvalue weighted by Crippen LogP contribution is -2.38. The van der Waals surface area contributed by atoms with Crippen LogP contribution in [0.25, 0.3) is 10.2 Å². The molecule has 0 aliphatic carbocycles. The number of benzene rings is 2. The van der Waals surface area contributed by atoms with Crippen molar-refractivity contribution in [1.82, 2.24) is 9.47 Å². The highest BCUT2D eigenvalue weighted by Crippen LogP contribution is 2.26. The van der Waals surface area contributed by atoms with Gasteiger partial charge in [-0.15, -0.1) is 12.4 Å². The molecule has 0 atom stereocenters. The van der Waals surface area contributed by atoms with Gasteiger partial charge in [-0.2, -0.15) is 0 Å². The second kappa shape index (κ2) is 9.67. The van der Waals surface area contributed by atoms with Crippen LogP contribution in [0, 0.1) is 21.8 Å². The first-order chi connectivity index (χ1) is 14.4. The van der Waals surface area contributed by atoms with Crippen molar-refractivity contribution in [1.29, 1.82) is 0 Å². The van der Waals surface area contributed by atoms with Crippen molar-refractivity contribution in [3.63, 3.8) is 0 Å². The molecule has 164 valence electrons. The quantitative estimate of drug-likeness (QED) is 0.310. The molecular formula is C21H21ClFN3O4S. The minimum atomic E-state index is -0.461. The number of likely N-dealkylation sites (tertiary alicyclic amines) is 1. The summed E-state index contributed by atoms with van der Waals surface area (Å²) in [5, 5.41) is 10.9. The maximum Gasteiger partial charge on any atom is 0.308 e. The van der Waals surface area contributed by atoms with Gasteiger partial charge >= 0.3 is 4.87 Å². The summed E-state index contributed by atoms with van der Waals surface area (Å²) in [6, 6.07) is 10.1. The first kappa shape index (κ1) is 23.1. The number of hydrogen-bond acceptors (Lipinski definition) is 6. The van der Waals surface area contributed by atoms with Gasteiger partial charge in [-0.1, -0.05) is 11.3 Å². The van der Waals surface area contributed by atoms with E-state index in [1.165, 1.54) is 36.4 Å². The minimum Gasteiger partial charge on any atom is -0.298 e. The molecule has 7 nitrogen and oxygen atoms in total. The second-order valence-corrected chi connectivity index (χ2v) is 8.53. The van der Waals surface area contributed by atoms with Crippen LogP contribution in [0.3, 0.4) is 0 Å². The predicted octanol–water partition coefficient (Wildman–Crippen LogP) is 4.13. The number of non-ortho nitro benzene ring substituents is 1. The number of nitro groups is 1. The van der Waals surface area contributed by atoms with E-state index in [0.717, 1.165) is 42.8 Å². The van der Waals surface area contributed by atoms with E-state index in [-0.39, 0.29) is 34.6 Å². The molecule has 31 heavy (non-hydrogen) atoms. The standard InChI is InChI=1S/C21H20FN3O4S.ClH/c22-16-3-1-15(2-4-16)19(26)13-23-9-7-14(8-10-23)12-24-18-6-5-17(25(28)29)11-20(18)30-21(24)27;/h1-6,11,14H,7-10,12-13H2;1H. The van der Waals surface area contributed by atoms with Gasteiger partial charge in [-0.25, -0.2) is 4.39 Å². The third-order valence-corrected chi connectivity index (χ3v) is 6.49. The van der Waals surface area contributed by atoms with E-state index in [4.69, 9.17) is 0 Å². The third kappa shape index (κ3) is 5.17. The van der Waals surface area contributed by atoms with Crippen LogP contribution in [0.2, 0.25) is 0 Å². The fourth-order valence-electron chi connectivity index (χ4n) is 3.86. The Balaban J connectivity index is 0.00000272. The van der Waals surface area contributed by atoms with Gasteiger partial charge in [0.25, 0.3) is 5.69 Å². The highest BCUT2D eigenvalue weighted by atomic mass is 35.5. The lowest BCUT2D eigenvalue weighted by Gasteiger charge is -2.31. The molecule has 0 saturated carbocycles. The van der Waals surface area contributed by atoms with Crippen LogP contribution in [0.15, 0.2) is 47.3 Å². The van der Waals surface area contributed by atoms with E-state index in [9.17, 15) is 24.1 Å². The molecule has 2 aromatic carbocycles. The number of nitrogens with zero attached hydrogens (tertiary/aromatic N) is 3. The van der Waals surface area contributed by atoms with Gasteiger partial charge in [-0.3, -0.25) is 29.2 Å². The first-order valence-corrected chi connectivity index (χ1v) is 10.5. The molecule has 0 bridgehead atoms. The van der Waals surface area contributed by atoms with E-state index in [1.54, 1.807) is 10.6 Å². The molecule has 0 radical (unpaired) electrons. The van der Waals surface area contributed by atoms with E-state index in [1.807, 2.05) is 0 Å². The number of fused-ring (bicyclic) bond motifs is 1. The first-order valence-electron chi connectivity index (χ1n) is 9.69. The lowest BCUT2D eigenvalue weighted by atomic mass is 9.96. The Morgan fingerprint density at radius 1 is 1.16 bits per heavy atom. The molecule has 2 heterocycles. The fraction of sp³-hybridized carbons (Fsp3) is 0.333. The van der Waals surface area contributed by atoms with E-state index in [0.29, 0.717) is 29.3 Å². The van der Waals surface area contributed by atoms with Crippen molar-refractivity contribution in [3.8, 4) is 0 Å². The Kier molecular flexibility index (Phi) is 7.19. The summed E-state index contributed by atoms with van der Waals surface area (Å²) >= 11 is 1.03. The number of Topliss-reactive ketones (excluding diaryl/α,β-unsaturated/α-hetero) is 1. The van der Waals surface area contributed by atoms with Crippen molar-refractivity contribution in [3.05, 3.63) is 73.6 Å². The summed E-state index contributed by atoms with van der Waals surface area (Å²) in [5.74, 6) is -0.0962. The largest absolute Gasteiger partial charge is 0.308 e. The topological polar surface area (TPSA) is 85.5 Å². The van der Waals surface area contributed by atoms with Gasteiger partial charge < -0.3 is 0 Å². The second-order valence-electron chi connectivity index (χ2n) is 7.54. The van der Waals surface area contributed by atoms with Crippen LogP contribution in [0.4, 0.5) is 10.1 Å². The van der Waals surface area contributed by atoms with Gasteiger partial charge in [0, 0.05) is 24.2 Å². The van der Waals surface area contributed by atoms with Crippen LogP contribution in [-0.4, -0.2) is 39.8 Å². The number of piperidine rings is 1. The van der Waals surface area contributed by atoms with Crippen molar-refractivity contribution in [2.24, 2.45) is 5.92 Å². The smallest absolute Gasteiger partial charge is 0.298 e. The number of nitro benzene ring substituents is 1. The number of ketones is 1. The number of carbonyl (C=O) groups excluding carboxylic acids is 1. The zero-order valence-corrected chi connectivity index (χ0v) is 18.2. The van der Waals surface area contributed by atoms with Crippen LogP contribution < -0.4 is 4.87 Å². The van der Waals surface area contributed by atoms with E-state index >= 15 is 0 Å². The van der Waals surface area contributed by atoms with Crippen LogP contribution in [-0.2, 0) is 6.54 Å². The van der Waals surface area contributed by atoms with E-state index < -0.39 is 4.92 Å². The zero-order chi connectivity index (χ0) is 21.3. The normalized spacial score (nSPS) is 15.0. The molecule has 0 unspecified atom stereocenters. The molecule has 0 N–H and O–H groups in total. The maximum absolute atomic E-state index is 13.0. The molecule has 3 aromatic rings. The van der Waals surface area contributed by atoms with Gasteiger partial charge in [0.1, 0.15) is 5.82 Å². The Morgan fingerprint density at radius 3 is 2.48 bits per heavy atom. The lowest BCUT2D eigenvalue weighted by molar-refractivity contribution is -0.384. The Bertz CT molecular complexity index is 1150. The van der Waals surface area contributed by atoms with E-state index in [2.05, 4.69) is 4.90 Å². The van der Waals surface area contributed by atoms with Crippen molar-refractivity contribution in [2.75, 3.05) is 19.6 Å². The van der Waals surface area contributed by atoms with Gasteiger partial charge in [0.05, 0.1) is 21.7 Å². The summed E-state index contributed by atoms with van der Waals surface area (Å²) in [6.07, 6.45) is 1.71. The van der Waals surface area contributed by atoms with Crippen molar-refractivity contribution in [2.45, 2.75) is 19.4 Å². The molecule has 0 amide bonds. The Morgan fingerprint density at radius 2 is 1.84 bits per heavy atom. The van der Waals surface area contributed by atoms with Crippen LogP contribution in [0.1, 0.15) is 23.2 Å². The monoisotopic (exact) mass is 465 g/mol. The average Bonchev–Trinajstić information content (AvgIpc) is 3.04. The molecule has 1 fully saturated rings. The maximum atomic E-state index is 13.0. The SMILES string of the molecule is Cl.O=C(CN1CCC(Cn2c(=O)sc3cc([N+](=O)[O-])ccc32)CC1)c1ccc(F)cc1. The highest BCUT2D eigenvalue weighted by molar-refractivity contribution is 7.16. The van der Waals surface area contributed by atoms with Gasteiger partial charge in [0.2, 0.25) is 0 Å². The van der Waals surface area contributed by atoms with Crippen LogP contribution >= 0.6 is 23.7 Å².